The Labute approximate surface area is 164 Å². The van der Waals surface area contributed by atoms with Gasteiger partial charge in [0, 0.05) is 0 Å². The van der Waals surface area contributed by atoms with E-state index in [1.54, 1.807) is 0 Å². The molecule has 1 radical (unpaired) electrons. The van der Waals surface area contributed by atoms with Crippen LogP contribution in [0.15, 0.2) is 0 Å². The Morgan fingerprint density at radius 2 is 1.15 bits per heavy atom. The van der Waals surface area contributed by atoms with E-state index in [1.807, 2.05) is 0 Å². The van der Waals surface area contributed by atoms with E-state index >= 15 is 0 Å². The molecule has 0 aromatic carbocycles. The Kier molecular flexibility index (Phi) is 16.3. The highest BCUT2D eigenvalue weighted by atomic mass is 16.4. The minimum atomic E-state index is -0.772. The van der Waals surface area contributed by atoms with Crippen LogP contribution in [0.3, 0.4) is 0 Å². The fourth-order valence-corrected chi connectivity index (χ4v) is 4.61. The van der Waals surface area contributed by atoms with Crippen LogP contribution in [-0.2, 0) is 9.90 Å². The first-order valence-electron chi connectivity index (χ1n) is 11.8. The zero-order chi connectivity index (χ0) is 19.7. The van der Waals surface area contributed by atoms with Crippen molar-refractivity contribution in [3.05, 3.63) is 0 Å². The van der Waals surface area contributed by atoms with Crippen molar-refractivity contribution in [2.75, 3.05) is 0 Å². The molecule has 0 heterocycles. The molecule has 0 fully saturated rings. The first-order chi connectivity index (χ1) is 12.6. The number of carbonyl (C=O) groups is 1. The molecule has 0 saturated heterocycles. The molecule has 0 amide bonds. The summed E-state index contributed by atoms with van der Waals surface area (Å²) >= 11 is 0. The van der Waals surface area contributed by atoms with Gasteiger partial charge in [0.15, 0.2) is 0 Å². The topological polar surface area (TPSA) is 37.0 Å². The monoisotopic (exact) mass is 367 g/mol. The van der Waals surface area contributed by atoms with Gasteiger partial charge in [-0.15, -0.1) is 0 Å². The number of hydrogen-bond donors (Lipinski definition) is 0. The molecule has 0 N–H and O–H groups in total. The molecule has 2 unspecified atom stereocenters. The lowest BCUT2D eigenvalue weighted by Gasteiger charge is -2.36. The molecule has 0 aromatic rings. The molecule has 0 saturated carbocycles. The highest BCUT2D eigenvalue weighted by Crippen LogP contribution is 2.43. The van der Waals surface area contributed by atoms with Gasteiger partial charge < -0.3 is 0 Å². The zero-order valence-corrected chi connectivity index (χ0v) is 18.4. The summed E-state index contributed by atoms with van der Waals surface area (Å²) in [6, 6.07) is 0. The molecule has 0 aliphatic heterocycles. The van der Waals surface area contributed by atoms with Crippen LogP contribution in [0.25, 0.3) is 0 Å². The zero-order valence-electron chi connectivity index (χ0n) is 18.4. The van der Waals surface area contributed by atoms with E-state index in [1.165, 1.54) is 70.6 Å². The molecule has 2 nitrogen and oxygen atoms in total. The number of carbonyl (C=O) groups excluding carboxylic acids is 1. The summed E-state index contributed by atoms with van der Waals surface area (Å²) in [6.07, 6.45) is 19.6. The van der Waals surface area contributed by atoms with Crippen molar-refractivity contribution in [1.82, 2.24) is 0 Å². The number of hydrogen-bond acceptors (Lipinski definition) is 1. The highest BCUT2D eigenvalue weighted by Gasteiger charge is 2.44. The lowest BCUT2D eigenvalue weighted by atomic mass is 9.66. The van der Waals surface area contributed by atoms with E-state index in [0.717, 1.165) is 38.5 Å². The van der Waals surface area contributed by atoms with Crippen molar-refractivity contribution in [1.29, 1.82) is 0 Å². The minimum Gasteiger partial charge on any atom is -0.247 e. The fraction of sp³-hybridized carbons (Fsp3) is 0.958. The Bertz CT molecular complexity index is 326. The molecule has 0 spiro atoms. The van der Waals surface area contributed by atoms with Crippen molar-refractivity contribution in [3.63, 3.8) is 0 Å². The summed E-state index contributed by atoms with van der Waals surface area (Å²) in [5, 5.41) is 12.2. The largest absolute Gasteiger partial charge is 0.361 e. The summed E-state index contributed by atoms with van der Waals surface area (Å²) < 4.78 is 0. The summed E-state index contributed by atoms with van der Waals surface area (Å²) in [7, 11) is 0. The molecular weight excluding hydrogens is 320 g/mol. The summed E-state index contributed by atoms with van der Waals surface area (Å²) in [4.78, 5) is 12.2. The van der Waals surface area contributed by atoms with Crippen molar-refractivity contribution >= 4 is 5.97 Å². The van der Waals surface area contributed by atoms with E-state index in [2.05, 4.69) is 27.7 Å². The second-order valence-electron chi connectivity index (χ2n) is 8.37. The molecule has 0 aliphatic rings. The van der Waals surface area contributed by atoms with Gasteiger partial charge in [0.2, 0.25) is 0 Å². The molecule has 0 aromatic heterocycles. The minimum absolute atomic E-state index is 0.286. The average Bonchev–Trinajstić information content (AvgIpc) is 2.63. The summed E-state index contributed by atoms with van der Waals surface area (Å²) in [5.41, 5.74) is -0.586. The molecule has 26 heavy (non-hydrogen) atoms. The third-order valence-electron chi connectivity index (χ3n) is 6.26. The third-order valence-corrected chi connectivity index (χ3v) is 6.26. The molecule has 2 atom stereocenters. The molecule has 0 aliphatic carbocycles. The molecule has 155 valence electrons. The van der Waals surface area contributed by atoms with E-state index in [4.69, 9.17) is 0 Å². The lowest BCUT2D eigenvalue weighted by molar-refractivity contribution is -0.161. The van der Waals surface area contributed by atoms with Crippen molar-refractivity contribution in [2.45, 2.75) is 137 Å². The maximum atomic E-state index is 12.2. The Balaban J connectivity index is 4.64. The van der Waals surface area contributed by atoms with Crippen molar-refractivity contribution < 1.29 is 9.90 Å². The molecule has 0 rings (SSSR count). The smallest absolute Gasteiger partial charge is 0.247 e. The summed E-state index contributed by atoms with van der Waals surface area (Å²) in [5.74, 6) is -0.486. The van der Waals surface area contributed by atoms with E-state index in [0.29, 0.717) is 0 Å². The highest BCUT2D eigenvalue weighted by molar-refractivity contribution is 5.74. The Hall–Kier alpha value is -0.530. The normalized spacial score (nSPS) is 14.9. The second-order valence-corrected chi connectivity index (χ2v) is 8.37. The van der Waals surface area contributed by atoms with Gasteiger partial charge in [0.05, 0.1) is 5.41 Å². The van der Waals surface area contributed by atoms with Gasteiger partial charge in [0.1, 0.15) is 0 Å². The van der Waals surface area contributed by atoms with Crippen LogP contribution < -0.4 is 0 Å². The van der Waals surface area contributed by atoms with Crippen LogP contribution in [0.1, 0.15) is 137 Å². The summed E-state index contributed by atoms with van der Waals surface area (Å²) in [6.45, 7) is 8.78. The van der Waals surface area contributed by atoms with E-state index in [9.17, 15) is 9.90 Å². The second kappa shape index (κ2) is 16.6. The Morgan fingerprint density at radius 3 is 1.62 bits per heavy atom. The molecule has 0 bridgehead atoms. The van der Waals surface area contributed by atoms with E-state index in [-0.39, 0.29) is 5.92 Å². The van der Waals surface area contributed by atoms with Crippen LogP contribution >= 0.6 is 0 Å². The van der Waals surface area contributed by atoms with Gasteiger partial charge >= 0.3 is 5.97 Å². The molecule has 2 heteroatoms. The lowest BCUT2D eigenvalue weighted by Crippen LogP contribution is -2.38. The quantitative estimate of drug-likeness (QED) is 0.212. The first kappa shape index (κ1) is 25.5. The maximum Gasteiger partial charge on any atom is 0.361 e. The van der Waals surface area contributed by atoms with Crippen LogP contribution in [-0.4, -0.2) is 5.97 Å². The molecular formula is C24H47O2. The predicted octanol–water partition coefficient (Wildman–Crippen LogP) is 8.26. The number of unbranched alkanes of at least 4 members (excludes halogenated alkanes) is 10. The van der Waals surface area contributed by atoms with Gasteiger partial charge in [-0.1, -0.05) is 118 Å². The maximum absolute atomic E-state index is 12.2. The van der Waals surface area contributed by atoms with Crippen LogP contribution in [0.4, 0.5) is 0 Å². The number of rotatable bonds is 19. The van der Waals surface area contributed by atoms with Crippen LogP contribution in [0, 0.1) is 11.3 Å². The van der Waals surface area contributed by atoms with E-state index < -0.39 is 11.4 Å². The van der Waals surface area contributed by atoms with Gasteiger partial charge in [0.25, 0.3) is 0 Å². The predicted molar refractivity (Wildman–Crippen MR) is 113 cm³/mol. The third kappa shape index (κ3) is 9.97. The van der Waals surface area contributed by atoms with Crippen LogP contribution in [0.5, 0.6) is 0 Å². The standard InChI is InChI=1S/C24H47O2/c1-5-9-11-13-15-17-19-22(8-4)24(20-7-3,23(25)26)21-18-16-14-12-10-6-2/h22H,5-21H2,1-4H3. The van der Waals surface area contributed by atoms with Crippen LogP contribution in [0.2, 0.25) is 0 Å². The fourth-order valence-electron chi connectivity index (χ4n) is 4.61. The van der Waals surface area contributed by atoms with Gasteiger partial charge in [-0.2, -0.15) is 0 Å². The Morgan fingerprint density at radius 1 is 0.654 bits per heavy atom. The SMILES string of the molecule is CCCCCCCCC(CC)C(CCC)(CCCCCCCC)C([O])=O. The van der Waals surface area contributed by atoms with Gasteiger partial charge in [-0.05, 0) is 25.2 Å². The average molecular weight is 368 g/mol. The van der Waals surface area contributed by atoms with Crippen molar-refractivity contribution in [2.24, 2.45) is 11.3 Å². The van der Waals surface area contributed by atoms with Crippen molar-refractivity contribution in [3.8, 4) is 0 Å². The van der Waals surface area contributed by atoms with Gasteiger partial charge in [-0.3, -0.25) is 0 Å². The first-order valence-corrected chi connectivity index (χ1v) is 11.8. The van der Waals surface area contributed by atoms with Gasteiger partial charge in [-0.25, -0.2) is 9.90 Å².